The minimum Gasteiger partial charge on any atom is -0.351 e. The van der Waals surface area contributed by atoms with Gasteiger partial charge < -0.3 is 10.6 Å². The normalized spacial score (nSPS) is 24.0. The second-order valence-electron chi connectivity index (χ2n) is 5.67. The van der Waals surface area contributed by atoms with Crippen LogP contribution in [0.15, 0.2) is 36.0 Å². The molecule has 0 spiro atoms. The molecular weight excluding hydrogens is 271 g/mol. The Labute approximate surface area is 122 Å². The molecular formula is C16H17FN2O2. The first-order chi connectivity index (χ1) is 10.1. The molecule has 1 heterocycles. The molecule has 1 aromatic rings. The highest BCUT2D eigenvalue weighted by Crippen LogP contribution is 2.43. The molecule has 2 amide bonds. The number of allylic oxidation sites excluding steroid dienone is 1. The number of amides is 2. The van der Waals surface area contributed by atoms with Crippen LogP contribution in [0.3, 0.4) is 0 Å². The Morgan fingerprint density at radius 3 is 2.81 bits per heavy atom. The van der Waals surface area contributed by atoms with Gasteiger partial charge in [-0.15, -0.1) is 0 Å². The Morgan fingerprint density at radius 2 is 2.05 bits per heavy atom. The summed E-state index contributed by atoms with van der Waals surface area (Å²) in [5, 5.41) is 5.82. The van der Waals surface area contributed by atoms with Gasteiger partial charge in [-0.25, -0.2) is 4.39 Å². The number of hydrogen-bond donors (Lipinski definition) is 2. The first-order valence-corrected chi connectivity index (χ1v) is 7.13. The molecule has 1 aliphatic heterocycles. The average molecular weight is 288 g/mol. The van der Waals surface area contributed by atoms with E-state index >= 15 is 0 Å². The smallest absolute Gasteiger partial charge is 0.251 e. The molecule has 1 aliphatic carbocycles. The number of benzene rings is 1. The van der Waals surface area contributed by atoms with E-state index in [2.05, 4.69) is 10.6 Å². The van der Waals surface area contributed by atoms with Gasteiger partial charge >= 0.3 is 0 Å². The van der Waals surface area contributed by atoms with Crippen molar-refractivity contribution in [1.82, 2.24) is 10.6 Å². The van der Waals surface area contributed by atoms with Crippen LogP contribution in [-0.2, 0) is 4.79 Å². The number of piperidine rings is 1. The lowest BCUT2D eigenvalue weighted by molar-refractivity contribution is -0.122. The highest BCUT2D eigenvalue weighted by atomic mass is 19.1. The molecule has 0 aromatic heterocycles. The maximum atomic E-state index is 12.9. The highest BCUT2D eigenvalue weighted by molar-refractivity contribution is 5.94. The Bertz CT molecular complexity index is 609. The van der Waals surface area contributed by atoms with Crippen LogP contribution in [0.4, 0.5) is 4.39 Å². The van der Waals surface area contributed by atoms with Crippen molar-refractivity contribution in [3.63, 3.8) is 0 Å². The predicted molar refractivity (Wildman–Crippen MR) is 75.9 cm³/mol. The Hall–Kier alpha value is -2.17. The molecule has 21 heavy (non-hydrogen) atoms. The number of carbonyl (C=O) groups is 2. The van der Waals surface area contributed by atoms with E-state index in [-0.39, 0.29) is 23.0 Å². The first-order valence-electron chi connectivity index (χ1n) is 7.13. The van der Waals surface area contributed by atoms with Crippen LogP contribution in [0.25, 0.3) is 0 Å². The van der Waals surface area contributed by atoms with Crippen molar-refractivity contribution in [1.29, 1.82) is 0 Å². The van der Waals surface area contributed by atoms with E-state index in [0.717, 1.165) is 25.0 Å². The molecule has 0 bridgehead atoms. The summed E-state index contributed by atoms with van der Waals surface area (Å²) in [6.07, 6.45) is 5.15. The molecule has 1 atom stereocenters. The molecule has 110 valence electrons. The SMILES string of the molecule is O=C1CCC2(CNC(=O)c3ccc(F)cc3)CCC=C2N1. The molecule has 0 saturated carbocycles. The van der Waals surface area contributed by atoms with Crippen molar-refractivity contribution in [2.24, 2.45) is 5.41 Å². The number of fused-ring (bicyclic) bond motifs is 1. The van der Waals surface area contributed by atoms with Crippen molar-refractivity contribution >= 4 is 11.8 Å². The van der Waals surface area contributed by atoms with E-state index in [1.807, 2.05) is 6.08 Å². The molecule has 0 radical (unpaired) electrons. The second kappa shape index (κ2) is 5.31. The lowest BCUT2D eigenvalue weighted by Crippen LogP contribution is -2.46. The third-order valence-corrected chi connectivity index (χ3v) is 4.34. The fourth-order valence-electron chi connectivity index (χ4n) is 3.08. The monoisotopic (exact) mass is 288 g/mol. The van der Waals surface area contributed by atoms with Crippen molar-refractivity contribution in [3.8, 4) is 0 Å². The molecule has 5 heteroatoms. The molecule has 1 unspecified atom stereocenters. The van der Waals surface area contributed by atoms with E-state index in [1.165, 1.54) is 24.3 Å². The zero-order valence-corrected chi connectivity index (χ0v) is 11.6. The lowest BCUT2D eigenvalue weighted by atomic mass is 9.77. The number of carbonyl (C=O) groups excluding carboxylic acids is 2. The van der Waals surface area contributed by atoms with E-state index in [4.69, 9.17) is 0 Å². The van der Waals surface area contributed by atoms with Gasteiger partial charge in [-0.05, 0) is 43.5 Å². The molecule has 3 rings (SSSR count). The number of hydrogen-bond acceptors (Lipinski definition) is 2. The van der Waals surface area contributed by atoms with Crippen LogP contribution in [0.2, 0.25) is 0 Å². The Balaban J connectivity index is 1.67. The predicted octanol–water partition coefficient (Wildman–Crippen LogP) is 2.13. The maximum absolute atomic E-state index is 12.9. The van der Waals surface area contributed by atoms with Gasteiger partial charge in [0.25, 0.3) is 5.91 Å². The lowest BCUT2D eigenvalue weighted by Gasteiger charge is -2.36. The van der Waals surface area contributed by atoms with Crippen LogP contribution in [0.5, 0.6) is 0 Å². The van der Waals surface area contributed by atoms with Gasteiger partial charge in [0.1, 0.15) is 5.82 Å². The minimum absolute atomic E-state index is 0.0450. The van der Waals surface area contributed by atoms with Crippen molar-refractivity contribution in [2.45, 2.75) is 25.7 Å². The third kappa shape index (κ3) is 2.68. The summed E-state index contributed by atoms with van der Waals surface area (Å²) in [6.45, 7) is 0.495. The summed E-state index contributed by atoms with van der Waals surface area (Å²) in [4.78, 5) is 23.6. The van der Waals surface area contributed by atoms with Crippen LogP contribution in [-0.4, -0.2) is 18.4 Å². The molecule has 1 fully saturated rings. The quantitative estimate of drug-likeness (QED) is 0.895. The van der Waals surface area contributed by atoms with Gasteiger partial charge in [0.2, 0.25) is 5.91 Å². The van der Waals surface area contributed by atoms with Gasteiger partial charge in [0.05, 0.1) is 0 Å². The largest absolute Gasteiger partial charge is 0.351 e. The number of nitrogens with one attached hydrogen (secondary N) is 2. The van der Waals surface area contributed by atoms with Gasteiger partial charge in [0, 0.05) is 29.6 Å². The second-order valence-corrected chi connectivity index (χ2v) is 5.67. The zero-order valence-electron chi connectivity index (χ0n) is 11.6. The zero-order chi connectivity index (χ0) is 14.9. The van der Waals surface area contributed by atoms with Crippen molar-refractivity contribution in [2.75, 3.05) is 6.54 Å². The number of rotatable bonds is 3. The van der Waals surface area contributed by atoms with Crippen LogP contribution in [0, 0.1) is 11.2 Å². The highest BCUT2D eigenvalue weighted by Gasteiger charge is 2.41. The maximum Gasteiger partial charge on any atom is 0.251 e. The fraction of sp³-hybridized carbons (Fsp3) is 0.375. The van der Waals surface area contributed by atoms with Gasteiger partial charge in [-0.2, -0.15) is 0 Å². The van der Waals surface area contributed by atoms with Crippen molar-refractivity contribution < 1.29 is 14.0 Å². The molecule has 2 aliphatic rings. The van der Waals surface area contributed by atoms with E-state index in [0.29, 0.717) is 18.5 Å². The summed E-state index contributed by atoms with van der Waals surface area (Å²) >= 11 is 0. The summed E-state index contributed by atoms with van der Waals surface area (Å²) in [7, 11) is 0. The van der Waals surface area contributed by atoms with E-state index in [1.54, 1.807) is 0 Å². The van der Waals surface area contributed by atoms with Crippen molar-refractivity contribution in [3.05, 3.63) is 47.4 Å². The van der Waals surface area contributed by atoms with Gasteiger partial charge in [-0.1, -0.05) is 6.08 Å². The topological polar surface area (TPSA) is 58.2 Å². The molecule has 1 saturated heterocycles. The summed E-state index contributed by atoms with van der Waals surface area (Å²) in [5.41, 5.74) is 1.23. The van der Waals surface area contributed by atoms with E-state index < -0.39 is 0 Å². The Morgan fingerprint density at radius 1 is 1.29 bits per heavy atom. The first kappa shape index (κ1) is 13.8. The number of halogens is 1. The Kier molecular flexibility index (Phi) is 3.49. The standard InChI is InChI=1S/C16H17FN2O2/c17-12-5-3-11(4-6-12)15(21)18-10-16-8-1-2-13(16)19-14(20)7-9-16/h2-6H,1,7-10H2,(H,18,21)(H,19,20). The summed E-state index contributed by atoms with van der Waals surface area (Å²) < 4.78 is 12.9. The van der Waals surface area contributed by atoms with Crippen LogP contribution < -0.4 is 10.6 Å². The van der Waals surface area contributed by atoms with E-state index in [9.17, 15) is 14.0 Å². The third-order valence-electron chi connectivity index (χ3n) is 4.34. The molecule has 1 aromatic carbocycles. The van der Waals surface area contributed by atoms with Crippen LogP contribution >= 0.6 is 0 Å². The fourth-order valence-corrected chi connectivity index (χ4v) is 3.08. The van der Waals surface area contributed by atoms with Gasteiger partial charge in [-0.3, -0.25) is 9.59 Å². The minimum atomic E-state index is -0.360. The van der Waals surface area contributed by atoms with Crippen LogP contribution in [0.1, 0.15) is 36.0 Å². The summed E-state index contributed by atoms with van der Waals surface area (Å²) in [5.74, 6) is -0.530. The van der Waals surface area contributed by atoms with Gasteiger partial charge in [0.15, 0.2) is 0 Å². The summed E-state index contributed by atoms with van der Waals surface area (Å²) in [6, 6.07) is 5.48. The average Bonchev–Trinajstić information content (AvgIpc) is 2.89. The molecule has 2 N–H and O–H groups in total. The molecule has 4 nitrogen and oxygen atoms in total.